The van der Waals surface area contributed by atoms with Crippen LogP contribution in [0.5, 0.6) is 0 Å². The number of nitrogens with zero attached hydrogens (tertiary/aromatic N) is 1. The van der Waals surface area contributed by atoms with Gasteiger partial charge in [-0.3, -0.25) is 0 Å². The number of rotatable bonds is 0. The molecule has 0 saturated carbocycles. The van der Waals surface area contributed by atoms with Gasteiger partial charge in [-0.25, -0.2) is 0 Å². The summed E-state index contributed by atoms with van der Waals surface area (Å²) in [6, 6.07) is 0. The highest BCUT2D eigenvalue weighted by Gasteiger charge is 2.12. The fraction of sp³-hybridized carbons (Fsp3) is 0.600. The Morgan fingerprint density at radius 1 is 1.56 bits per heavy atom. The highest BCUT2D eigenvalue weighted by Crippen LogP contribution is 1.93. The van der Waals surface area contributed by atoms with Gasteiger partial charge in [0.05, 0.1) is 23.1 Å². The van der Waals surface area contributed by atoms with Gasteiger partial charge in [-0.15, -0.1) is 0 Å². The minimum Gasteiger partial charge on any atom is -0.372 e. The molecule has 1 aliphatic rings. The molecule has 0 unspecified atom stereocenters. The quantitative estimate of drug-likeness (QED) is 0.508. The van der Waals surface area contributed by atoms with E-state index in [4.69, 9.17) is 24.4 Å². The average Bonchev–Trinajstić information content (AvgIpc) is 1.80. The minimum atomic E-state index is 0.727. The lowest BCUT2D eigenvalue weighted by Gasteiger charge is -2.26. The fourth-order valence-electron chi connectivity index (χ4n) is 0.669. The van der Waals surface area contributed by atoms with E-state index in [1.165, 1.54) is 0 Å². The van der Waals surface area contributed by atoms with Gasteiger partial charge < -0.3 is 10.2 Å². The van der Waals surface area contributed by atoms with Gasteiger partial charge >= 0.3 is 0 Å². The molecule has 0 bridgehead atoms. The number of likely N-dealkylation sites (N-methyl/N-ethyl adjacent to an activating group) is 1. The van der Waals surface area contributed by atoms with Crippen LogP contribution >= 0.6 is 24.4 Å². The molecule has 9 heavy (non-hydrogen) atoms. The first-order chi connectivity index (χ1) is 4.20. The fourth-order valence-corrected chi connectivity index (χ4v) is 1.07. The second-order valence-corrected chi connectivity index (χ2v) is 2.99. The van der Waals surface area contributed by atoms with Gasteiger partial charge in [0, 0.05) is 7.05 Å². The second-order valence-electron chi connectivity index (χ2n) is 2.03. The first kappa shape index (κ1) is 6.89. The van der Waals surface area contributed by atoms with Gasteiger partial charge in [0.2, 0.25) is 0 Å². The van der Waals surface area contributed by atoms with E-state index in [9.17, 15) is 0 Å². The SMILES string of the molecule is CN1CC(=S)NCC1=S. The van der Waals surface area contributed by atoms with Gasteiger partial charge in [-0.05, 0) is 0 Å². The van der Waals surface area contributed by atoms with E-state index in [1.54, 1.807) is 0 Å². The lowest BCUT2D eigenvalue weighted by molar-refractivity contribution is 0.558. The third-order valence-corrected chi connectivity index (χ3v) is 1.97. The standard InChI is InChI=1S/C5H8N2S2/c1-7-3-4(8)6-2-5(7)9/h2-3H2,1H3,(H,6,8). The van der Waals surface area contributed by atoms with Crippen molar-refractivity contribution >= 4 is 34.4 Å². The summed E-state index contributed by atoms with van der Waals surface area (Å²) in [4.78, 5) is 3.79. The average molecular weight is 160 g/mol. The Morgan fingerprint density at radius 2 is 2.22 bits per heavy atom. The molecule has 1 heterocycles. The van der Waals surface area contributed by atoms with Crippen LogP contribution in [0.25, 0.3) is 0 Å². The van der Waals surface area contributed by atoms with Crippen molar-refractivity contribution in [3.63, 3.8) is 0 Å². The first-order valence-corrected chi connectivity index (χ1v) is 3.52. The maximum Gasteiger partial charge on any atom is 0.0974 e. The van der Waals surface area contributed by atoms with Crippen molar-refractivity contribution in [1.82, 2.24) is 10.2 Å². The predicted octanol–water partition coefficient (Wildman–Crippen LogP) is 0.176. The Kier molecular flexibility index (Phi) is 1.97. The Bertz CT molecular complexity index is 155. The molecule has 0 aromatic rings. The molecule has 0 aromatic carbocycles. The Hall–Kier alpha value is -0.220. The lowest BCUT2D eigenvalue weighted by Crippen LogP contribution is -2.47. The van der Waals surface area contributed by atoms with Crippen LogP contribution in [-0.4, -0.2) is 35.0 Å². The summed E-state index contributed by atoms with van der Waals surface area (Å²) in [7, 11) is 1.95. The van der Waals surface area contributed by atoms with Crippen molar-refractivity contribution in [1.29, 1.82) is 0 Å². The summed E-state index contributed by atoms with van der Waals surface area (Å²) in [5, 5.41) is 3.01. The van der Waals surface area contributed by atoms with Gasteiger partial charge in [0.15, 0.2) is 0 Å². The number of piperazine rings is 1. The van der Waals surface area contributed by atoms with E-state index < -0.39 is 0 Å². The summed E-state index contributed by atoms with van der Waals surface area (Å²) >= 11 is 9.91. The van der Waals surface area contributed by atoms with Crippen molar-refractivity contribution in [2.45, 2.75) is 0 Å². The van der Waals surface area contributed by atoms with Gasteiger partial charge in [-0.1, -0.05) is 24.4 Å². The third kappa shape index (κ3) is 1.59. The molecule has 1 N–H and O–H groups in total. The zero-order valence-corrected chi connectivity index (χ0v) is 6.81. The van der Waals surface area contributed by atoms with Crippen molar-refractivity contribution < 1.29 is 0 Å². The maximum absolute atomic E-state index is 4.99. The van der Waals surface area contributed by atoms with E-state index in [-0.39, 0.29) is 0 Å². The van der Waals surface area contributed by atoms with Crippen LogP contribution in [0.3, 0.4) is 0 Å². The molecule has 1 rings (SSSR count). The van der Waals surface area contributed by atoms with E-state index in [2.05, 4.69) is 5.32 Å². The molecule has 0 amide bonds. The van der Waals surface area contributed by atoms with Gasteiger partial charge in [0.25, 0.3) is 0 Å². The topological polar surface area (TPSA) is 15.3 Å². The highest BCUT2D eigenvalue weighted by molar-refractivity contribution is 7.81. The minimum absolute atomic E-state index is 0.727. The van der Waals surface area contributed by atoms with E-state index in [0.717, 1.165) is 23.1 Å². The molecule has 1 aliphatic heterocycles. The zero-order valence-electron chi connectivity index (χ0n) is 5.18. The summed E-state index contributed by atoms with van der Waals surface area (Å²) in [5.74, 6) is 0. The van der Waals surface area contributed by atoms with Crippen LogP contribution in [0.2, 0.25) is 0 Å². The normalized spacial score (nSPS) is 19.9. The van der Waals surface area contributed by atoms with Crippen molar-refractivity contribution in [3.8, 4) is 0 Å². The molecule has 0 aliphatic carbocycles. The molecule has 2 nitrogen and oxygen atoms in total. The third-order valence-electron chi connectivity index (χ3n) is 1.24. The molecular weight excluding hydrogens is 152 g/mol. The number of hydrogen-bond acceptors (Lipinski definition) is 2. The summed E-state index contributed by atoms with van der Waals surface area (Å²) in [6.07, 6.45) is 0. The van der Waals surface area contributed by atoms with Crippen LogP contribution in [0.15, 0.2) is 0 Å². The Morgan fingerprint density at radius 3 is 2.67 bits per heavy atom. The van der Waals surface area contributed by atoms with Crippen molar-refractivity contribution in [2.24, 2.45) is 0 Å². The van der Waals surface area contributed by atoms with Gasteiger partial charge in [-0.2, -0.15) is 0 Å². The molecule has 1 fully saturated rings. The molecule has 4 heteroatoms. The van der Waals surface area contributed by atoms with Crippen LogP contribution in [0.4, 0.5) is 0 Å². The molecule has 50 valence electrons. The van der Waals surface area contributed by atoms with Crippen LogP contribution < -0.4 is 5.32 Å². The second kappa shape index (κ2) is 2.58. The van der Waals surface area contributed by atoms with Crippen molar-refractivity contribution in [3.05, 3.63) is 0 Å². The molecule has 0 radical (unpaired) electrons. The highest BCUT2D eigenvalue weighted by atomic mass is 32.1. The number of hydrogen-bond donors (Lipinski definition) is 1. The molecule has 1 saturated heterocycles. The molecule has 0 aromatic heterocycles. The number of thiocarbonyl (C=S) groups is 2. The summed E-state index contributed by atoms with van der Waals surface area (Å²) in [5.41, 5.74) is 0. The van der Waals surface area contributed by atoms with E-state index in [0.29, 0.717) is 0 Å². The van der Waals surface area contributed by atoms with Crippen LogP contribution in [0.1, 0.15) is 0 Å². The smallest absolute Gasteiger partial charge is 0.0974 e. The Labute approximate surface area is 65.2 Å². The predicted molar refractivity (Wildman–Crippen MR) is 45.8 cm³/mol. The first-order valence-electron chi connectivity index (χ1n) is 2.71. The van der Waals surface area contributed by atoms with Gasteiger partial charge in [0.1, 0.15) is 0 Å². The Balaban J connectivity index is 2.54. The largest absolute Gasteiger partial charge is 0.372 e. The summed E-state index contributed by atoms with van der Waals surface area (Å²) in [6.45, 7) is 1.50. The van der Waals surface area contributed by atoms with E-state index >= 15 is 0 Å². The molecule has 0 spiro atoms. The van der Waals surface area contributed by atoms with Crippen LogP contribution in [-0.2, 0) is 0 Å². The molecule has 0 atom stereocenters. The number of nitrogens with one attached hydrogen (secondary N) is 1. The van der Waals surface area contributed by atoms with E-state index in [1.807, 2.05) is 11.9 Å². The molecular formula is C5H8N2S2. The van der Waals surface area contributed by atoms with Crippen LogP contribution in [0, 0.1) is 0 Å². The maximum atomic E-state index is 4.99. The van der Waals surface area contributed by atoms with Crippen molar-refractivity contribution in [2.75, 3.05) is 20.1 Å². The zero-order chi connectivity index (χ0) is 6.85. The monoisotopic (exact) mass is 160 g/mol. The summed E-state index contributed by atoms with van der Waals surface area (Å²) < 4.78 is 0. The lowest BCUT2D eigenvalue weighted by atomic mass is 10.4.